The van der Waals surface area contributed by atoms with Crippen LogP contribution in [-0.2, 0) is 16.4 Å². The highest BCUT2D eigenvalue weighted by molar-refractivity contribution is 7.90. The number of sulfone groups is 1. The van der Waals surface area contributed by atoms with E-state index in [-0.39, 0.29) is 17.0 Å². The zero-order chi connectivity index (χ0) is 14.4. The summed E-state index contributed by atoms with van der Waals surface area (Å²) in [5.41, 5.74) is 0.719. The van der Waals surface area contributed by atoms with Crippen LogP contribution < -0.4 is 0 Å². The summed E-state index contributed by atoms with van der Waals surface area (Å²) in [5, 5.41) is 9.83. The lowest BCUT2D eigenvalue weighted by atomic mass is 10.1. The maximum Gasteiger partial charge on any atom is 0.401 e. The number of hydrogen-bond acceptors (Lipinski definition) is 4. The van der Waals surface area contributed by atoms with Crippen LogP contribution in [0.3, 0.4) is 0 Å². The first kappa shape index (κ1) is 14.3. The molecule has 19 heavy (non-hydrogen) atoms. The summed E-state index contributed by atoms with van der Waals surface area (Å²) in [6.45, 7) is -1.29. The monoisotopic (exact) mass is 295 g/mol. The van der Waals surface area contributed by atoms with Crippen LogP contribution in [0.15, 0.2) is 23.1 Å². The Hall–Kier alpha value is -1.12. The van der Waals surface area contributed by atoms with Gasteiger partial charge >= 0.3 is 6.18 Å². The number of rotatable bonds is 2. The van der Waals surface area contributed by atoms with Crippen molar-refractivity contribution in [1.29, 1.82) is 0 Å². The van der Waals surface area contributed by atoms with E-state index in [2.05, 4.69) is 0 Å². The third-order valence-corrected chi connectivity index (χ3v) is 4.04. The molecular formula is C11H12F3NO3S. The van der Waals surface area contributed by atoms with Crippen LogP contribution in [0.25, 0.3) is 0 Å². The number of alkyl halides is 3. The number of aliphatic hydroxyl groups excluding tert-OH is 1. The molecule has 0 amide bonds. The topological polar surface area (TPSA) is 57.6 Å². The van der Waals surface area contributed by atoms with Crippen molar-refractivity contribution in [3.05, 3.63) is 29.3 Å². The number of fused-ring (bicyclic) bond motifs is 1. The fourth-order valence-electron chi connectivity index (χ4n) is 2.06. The third-order valence-electron chi connectivity index (χ3n) is 2.93. The highest BCUT2D eigenvalue weighted by atomic mass is 32.2. The van der Waals surface area contributed by atoms with Gasteiger partial charge in [0.25, 0.3) is 0 Å². The molecular weight excluding hydrogens is 283 g/mol. The molecule has 0 saturated carbocycles. The van der Waals surface area contributed by atoms with E-state index in [1.165, 1.54) is 18.2 Å². The van der Waals surface area contributed by atoms with Gasteiger partial charge in [0.15, 0.2) is 9.84 Å². The molecule has 0 saturated heterocycles. The molecule has 0 fully saturated rings. The molecule has 1 heterocycles. The smallest absolute Gasteiger partial charge is 0.374 e. The highest BCUT2D eigenvalue weighted by Crippen LogP contribution is 2.35. The van der Waals surface area contributed by atoms with Crippen molar-refractivity contribution in [2.45, 2.75) is 23.8 Å². The molecule has 1 aromatic rings. The van der Waals surface area contributed by atoms with E-state index in [1.54, 1.807) is 0 Å². The van der Waals surface area contributed by atoms with Crippen LogP contribution in [0, 0.1) is 0 Å². The predicted molar refractivity (Wildman–Crippen MR) is 61.0 cm³/mol. The van der Waals surface area contributed by atoms with Crippen molar-refractivity contribution >= 4 is 9.84 Å². The second-order valence-electron chi connectivity index (χ2n) is 4.53. The number of halogens is 3. The average molecular weight is 295 g/mol. The van der Waals surface area contributed by atoms with Crippen molar-refractivity contribution in [3.63, 3.8) is 0 Å². The molecule has 4 nitrogen and oxygen atoms in total. The summed E-state index contributed by atoms with van der Waals surface area (Å²) in [4.78, 5) is 0.829. The normalized spacial score (nSPS) is 20.6. The summed E-state index contributed by atoms with van der Waals surface area (Å²) < 4.78 is 59.7. The van der Waals surface area contributed by atoms with Crippen LogP contribution in [0.5, 0.6) is 0 Å². The van der Waals surface area contributed by atoms with Gasteiger partial charge in [0, 0.05) is 18.4 Å². The van der Waals surface area contributed by atoms with E-state index in [9.17, 15) is 26.7 Å². The van der Waals surface area contributed by atoms with E-state index in [0.717, 1.165) is 11.2 Å². The maximum atomic E-state index is 12.3. The van der Waals surface area contributed by atoms with Crippen molar-refractivity contribution in [1.82, 2.24) is 4.90 Å². The Kier molecular flexibility index (Phi) is 3.36. The molecule has 1 atom stereocenters. The molecule has 1 aliphatic rings. The molecule has 8 heteroatoms. The summed E-state index contributed by atoms with van der Waals surface area (Å²) in [6, 6.07) is 4.00. The number of benzene rings is 1. The lowest BCUT2D eigenvalue weighted by Gasteiger charge is -2.21. The van der Waals surface area contributed by atoms with Crippen LogP contribution >= 0.6 is 0 Å². The predicted octanol–water partition coefficient (Wildman–Crippen LogP) is 1.46. The standard InChI is InChI=1S/C11H12F3NO3S/c1-19(17,18)8-3-2-7-5-15(6-11(12,13)14)10(16)9(7)4-8/h2-4,10,16H,5-6H2,1H3. The molecule has 1 aliphatic heterocycles. The summed E-state index contributed by atoms with van der Waals surface area (Å²) in [6.07, 6.45) is -4.84. The highest BCUT2D eigenvalue weighted by Gasteiger charge is 2.38. The van der Waals surface area contributed by atoms with E-state index < -0.39 is 28.8 Å². The minimum atomic E-state index is -4.41. The zero-order valence-electron chi connectivity index (χ0n) is 9.98. The van der Waals surface area contributed by atoms with E-state index >= 15 is 0 Å². The van der Waals surface area contributed by atoms with Crippen LogP contribution in [0.2, 0.25) is 0 Å². The van der Waals surface area contributed by atoms with Gasteiger partial charge in [-0.15, -0.1) is 0 Å². The molecule has 1 unspecified atom stereocenters. The van der Waals surface area contributed by atoms with Gasteiger partial charge in [-0.1, -0.05) is 6.07 Å². The van der Waals surface area contributed by atoms with Crippen LogP contribution in [-0.4, -0.2) is 37.4 Å². The second-order valence-corrected chi connectivity index (χ2v) is 6.54. The Labute approximate surface area is 108 Å². The third kappa shape index (κ3) is 3.07. The van der Waals surface area contributed by atoms with Gasteiger partial charge in [-0.2, -0.15) is 13.2 Å². The molecule has 0 aromatic heterocycles. The minimum absolute atomic E-state index is 0.0147. The van der Waals surface area contributed by atoms with Crippen LogP contribution in [0.4, 0.5) is 13.2 Å². The average Bonchev–Trinajstić information content (AvgIpc) is 2.52. The van der Waals surface area contributed by atoms with Gasteiger partial charge in [-0.25, -0.2) is 8.42 Å². The lowest BCUT2D eigenvalue weighted by molar-refractivity contribution is -0.165. The van der Waals surface area contributed by atoms with Gasteiger partial charge in [0.1, 0.15) is 6.23 Å². The van der Waals surface area contributed by atoms with Crippen molar-refractivity contribution in [2.75, 3.05) is 12.8 Å². The van der Waals surface area contributed by atoms with E-state index in [4.69, 9.17) is 0 Å². The van der Waals surface area contributed by atoms with Crippen LogP contribution in [0.1, 0.15) is 17.4 Å². The van der Waals surface area contributed by atoms with Gasteiger partial charge in [0.2, 0.25) is 0 Å². The molecule has 2 rings (SSSR count). The van der Waals surface area contributed by atoms with Crippen molar-refractivity contribution in [2.24, 2.45) is 0 Å². The maximum absolute atomic E-state index is 12.3. The SMILES string of the molecule is CS(=O)(=O)c1ccc2c(c1)C(O)N(CC(F)(F)F)C2. The van der Waals surface area contributed by atoms with Gasteiger partial charge < -0.3 is 5.11 Å². The summed E-state index contributed by atoms with van der Waals surface area (Å²) >= 11 is 0. The summed E-state index contributed by atoms with van der Waals surface area (Å²) in [7, 11) is -3.45. The van der Waals surface area contributed by atoms with E-state index in [0.29, 0.717) is 5.56 Å². The Morgan fingerprint density at radius 2 is 2.05 bits per heavy atom. The number of nitrogens with zero attached hydrogens (tertiary/aromatic N) is 1. The Morgan fingerprint density at radius 1 is 1.42 bits per heavy atom. The Bertz CT molecular complexity index is 598. The van der Waals surface area contributed by atoms with Crippen molar-refractivity contribution < 1.29 is 26.7 Å². The molecule has 0 spiro atoms. The quantitative estimate of drug-likeness (QED) is 0.897. The lowest BCUT2D eigenvalue weighted by Crippen LogP contribution is -2.32. The fourth-order valence-corrected chi connectivity index (χ4v) is 2.72. The molecule has 1 aromatic carbocycles. The first-order valence-corrected chi connectivity index (χ1v) is 7.29. The van der Waals surface area contributed by atoms with Gasteiger partial charge in [-0.3, -0.25) is 4.90 Å². The van der Waals surface area contributed by atoms with Crippen molar-refractivity contribution in [3.8, 4) is 0 Å². The first-order chi connectivity index (χ1) is 8.58. The molecule has 0 aliphatic carbocycles. The first-order valence-electron chi connectivity index (χ1n) is 5.40. The minimum Gasteiger partial charge on any atom is -0.374 e. The largest absolute Gasteiger partial charge is 0.401 e. The zero-order valence-corrected chi connectivity index (χ0v) is 10.8. The fraction of sp³-hybridized carbons (Fsp3) is 0.455. The second kappa shape index (κ2) is 4.46. The number of aliphatic hydroxyl groups is 1. The summed E-state index contributed by atoms with van der Waals surface area (Å²) in [5.74, 6) is 0. The van der Waals surface area contributed by atoms with Gasteiger partial charge in [0.05, 0.1) is 11.4 Å². The number of hydrogen-bond donors (Lipinski definition) is 1. The molecule has 106 valence electrons. The molecule has 1 N–H and O–H groups in total. The van der Waals surface area contributed by atoms with Gasteiger partial charge in [-0.05, 0) is 17.7 Å². The molecule has 0 bridgehead atoms. The molecule has 0 radical (unpaired) electrons. The Balaban J connectivity index is 2.32. The van der Waals surface area contributed by atoms with E-state index in [1.807, 2.05) is 0 Å². The Morgan fingerprint density at radius 3 is 2.58 bits per heavy atom.